The van der Waals surface area contributed by atoms with E-state index in [1.165, 1.54) is 0 Å². The van der Waals surface area contributed by atoms with Crippen molar-refractivity contribution in [2.45, 2.75) is 19.4 Å². The van der Waals surface area contributed by atoms with Crippen molar-refractivity contribution in [2.24, 2.45) is 0 Å². The van der Waals surface area contributed by atoms with Crippen molar-refractivity contribution < 1.29 is 14.2 Å². The van der Waals surface area contributed by atoms with Gasteiger partial charge in [-0.2, -0.15) is 0 Å². The summed E-state index contributed by atoms with van der Waals surface area (Å²) in [5.74, 6) is 1.77. The zero-order chi connectivity index (χ0) is 15.6. The summed E-state index contributed by atoms with van der Waals surface area (Å²) < 4.78 is 16.9. The molecule has 22 heavy (non-hydrogen) atoms. The molecule has 0 saturated carbocycles. The molecule has 0 amide bonds. The van der Waals surface area contributed by atoms with Crippen molar-refractivity contribution in [3.05, 3.63) is 24.3 Å². The van der Waals surface area contributed by atoms with Gasteiger partial charge in [-0.25, -0.2) is 0 Å². The Bertz CT molecular complexity index is 411. The van der Waals surface area contributed by atoms with Gasteiger partial charge in [0.2, 0.25) is 0 Å². The summed E-state index contributed by atoms with van der Waals surface area (Å²) in [5, 5.41) is 3.38. The SMILES string of the molecule is CCCOc1ccc(OCCNCC2CN(C)CCO2)cc1. The second-order valence-electron chi connectivity index (χ2n) is 5.63. The Labute approximate surface area is 133 Å². The Morgan fingerprint density at radius 3 is 2.50 bits per heavy atom. The van der Waals surface area contributed by atoms with Crippen LogP contribution in [0.2, 0.25) is 0 Å². The highest BCUT2D eigenvalue weighted by molar-refractivity contribution is 5.31. The van der Waals surface area contributed by atoms with Gasteiger partial charge >= 0.3 is 0 Å². The largest absolute Gasteiger partial charge is 0.494 e. The van der Waals surface area contributed by atoms with Gasteiger partial charge in [0.05, 0.1) is 19.3 Å². The molecule has 1 heterocycles. The Morgan fingerprint density at radius 2 is 1.86 bits per heavy atom. The molecular formula is C17H28N2O3. The van der Waals surface area contributed by atoms with Gasteiger partial charge in [0.15, 0.2) is 0 Å². The van der Waals surface area contributed by atoms with Gasteiger partial charge in [0.25, 0.3) is 0 Å². The smallest absolute Gasteiger partial charge is 0.119 e. The molecule has 2 rings (SSSR count). The molecule has 1 aromatic rings. The Kier molecular flexibility index (Phi) is 7.49. The average molecular weight is 308 g/mol. The molecule has 1 N–H and O–H groups in total. The van der Waals surface area contributed by atoms with Crippen LogP contribution in [-0.2, 0) is 4.74 Å². The second kappa shape index (κ2) is 9.66. The number of benzene rings is 1. The van der Waals surface area contributed by atoms with Crippen molar-refractivity contribution in [2.75, 3.05) is 53.0 Å². The number of likely N-dealkylation sites (N-methyl/N-ethyl adjacent to an activating group) is 1. The van der Waals surface area contributed by atoms with Crippen molar-refractivity contribution in [3.63, 3.8) is 0 Å². The normalized spacial score (nSPS) is 19.1. The molecule has 5 nitrogen and oxygen atoms in total. The van der Waals surface area contributed by atoms with Crippen LogP contribution in [0.25, 0.3) is 0 Å². The standard InChI is InChI=1S/C17H28N2O3/c1-3-10-20-15-4-6-16(7-5-15)21-11-8-18-13-17-14-19(2)9-12-22-17/h4-7,17-18H,3,8-14H2,1-2H3. The van der Waals surface area contributed by atoms with Crippen LogP contribution < -0.4 is 14.8 Å². The van der Waals surface area contributed by atoms with Crippen LogP contribution in [0.3, 0.4) is 0 Å². The van der Waals surface area contributed by atoms with Crippen molar-refractivity contribution in [1.82, 2.24) is 10.2 Å². The maximum atomic E-state index is 5.71. The number of hydrogen-bond donors (Lipinski definition) is 1. The molecule has 0 radical (unpaired) electrons. The molecule has 1 unspecified atom stereocenters. The van der Waals surface area contributed by atoms with Crippen molar-refractivity contribution in [1.29, 1.82) is 0 Å². The number of morpholine rings is 1. The maximum absolute atomic E-state index is 5.71. The van der Waals surface area contributed by atoms with E-state index in [9.17, 15) is 0 Å². The summed E-state index contributed by atoms with van der Waals surface area (Å²) in [7, 11) is 2.13. The molecule has 1 aliphatic heterocycles. The predicted octanol–water partition coefficient (Wildman–Crippen LogP) is 1.77. The van der Waals surface area contributed by atoms with Gasteiger partial charge in [-0.1, -0.05) is 6.92 Å². The fraction of sp³-hybridized carbons (Fsp3) is 0.647. The third kappa shape index (κ3) is 6.22. The molecule has 0 aliphatic carbocycles. The summed E-state index contributed by atoms with van der Waals surface area (Å²) in [4.78, 5) is 2.30. The minimum Gasteiger partial charge on any atom is -0.494 e. The van der Waals surface area contributed by atoms with Crippen LogP contribution in [0, 0.1) is 0 Å². The van der Waals surface area contributed by atoms with Crippen molar-refractivity contribution >= 4 is 0 Å². The van der Waals surface area contributed by atoms with Gasteiger partial charge in [0.1, 0.15) is 18.1 Å². The lowest BCUT2D eigenvalue weighted by atomic mass is 10.3. The van der Waals surface area contributed by atoms with Crippen LogP contribution in [0.5, 0.6) is 11.5 Å². The van der Waals surface area contributed by atoms with Crippen LogP contribution in [0.15, 0.2) is 24.3 Å². The van der Waals surface area contributed by atoms with E-state index in [4.69, 9.17) is 14.2 Å². The van der Waals surface area contributed by atoms with E-state index in [1.54, 1.807) is 0 Å². The average Bonchev–Trinajstić information content (AvgIpc) is 2.54. The summed E-state index contributed by atoms with van der Waals surface area (Å²) in [5.41, 5.74) is 0. The maximum Gasteiger partial charge on any atom is 0.119 e. The summed E-state index contributed by atoms with van der Waals surface area (Å²) >= 11 is 0. The monoisotopic (exact) mass is 308 g/mol. The number of nitrogens with one attached hydrogen (secondary N) is 1. The number of rotatable bonds is 9. The minimum atomic E-state index is 0.286. The van der Waals surface area contributed by atoms with E-state index in [0.717, 1.165) is 57.3 Å². The predicted molar refractivity (Wildman–Crippen MR) is 87.8 cm³/mol. The van der Waals surface area contributed by atoms with Gasteiger partial charge in [-0.3, -0.25) is 0 Å². The summed E-state index contributed by atoms with van der Waals surface area (Å²) in [6.07, 6.45) is 1.30. The van der Waals surface area contributed by atoms with Crippen LogP contribution in [0.4, 0.5) is 0 Å². The zero-order valence-corrected chi connectivity index (χ0v) is 13.7. The van der Waals surface area contributed by atoms with Crippen molar-refractivity contribution in [3.8, 4) is 11.5 Å². The summed E-state index contributed by atoms with van der Waals surface area (Å²) in [6.45, 7) is 8.03. The zero-order valence-electron chi connectivity index (χ0n) is 13.7. The molecule has 0 spiro atoms. The van der Waals surface area contributed by atoms with E-state index in [0.29, 0.717) is 6.61 Å². The fourth-order valence-electron chi connectivity index (χ4n) is 2.35. The van der Waals surface area contributed by atoms with Gasteiger partial charge < -0.3 is 24.4 Å². The first-order valence-corrected chi connectivity index (χ1v) is 8.14. The highest BCUT2D eigenvalue weighted by Gasteiger charge is 2.16. The molecule has 1 aliphatic rings. The highest BCUT2D eigenvalue weighted by Crippen LogP contribution is 2.17. The summed E-state index contributed by atoms with van der Waals surface area (Å²) in [6, 6.07) is 7.79. The molecule has 1 aromatic carbocycles. The molecule has 5 heteroatoms. The Morgan fingerprint density at radius 1 is 1.18 bits per heavy atom. The van der Waals surface area contributed by atoms with Crippen LogP contribution in [0.1, 0.15) is 13.3 Å². The lowest BCUT2D eigenvalue weighted by Crippen LogP contribution is -2.45. The minimum absolute atomic E-state index is 0.286. The third-order valence-corrected chi connectivity index (χ3v) is 3.56. The van der Waals surface area contributed by atoms with Crippen LogP contribution in [-0.4, -0.2) is 64.1 Å². The molecule has 124 valence electrons. The Hall–Kier alpha value is -1.30. The first kappa shape index (κ1) is 17.1. The van der Waals surface area contributed by atoms with E-state index >= 15 is 0 Å². The molecule has 1 fully saturated rings. The molecule has 1 atom stereocenters. The van der Waals surface area contributed by atoms with Gasteiger partial charge in [-0.05, 0) is 37.7 Å². The lowest BCUT2D eigenvalue weighted by Gasteiger charge is -2.30. The quantitative estimate of drug-likeness (QED) is 0.704. The number of nitrogens with zero attached hydrogens (tertiary/aromatic N) is 1. The second-order valence-corrected chi connectivity index (χ2v) is 5.63. The third-order valence-electron chi connectivity index (χ3n) is 3.56. The molecular weight excluding hydrogens is 280 g/mol. The Balaban J connectivity index is 1.56. The molecule has 0 bridgehead atoms. The van der Waals surface area contributed by atoms with E-state index in [2.05, 4.69) is 24.2 Å². The number of ether oxygens (including phenoxy) is 3. The molecule has 0 aromatic heterocycles. The molecule has 1 saturated heterocycles. The fourth-order valence-corrected chi connectivity index (χ4v) is 2.35. The van der Waals surface area contributed by atoms with E-state index in [1.807, 2.05) is 24.3 Å². The van der Waals surface area contributed by atoms with E-state index < -0.39 is 0 Å². The first-order valence-electron chi connectivity index (χ1n) is 8.14. The highest BCUT2D eigenvalue weighted by atomic mass is 16.5. The van der Waals surface area contributed by atoms with Crippen LogP contribution >= 0.6 is 0 Å². The topological polar surface area (TPSA) is 43.0 Å². The van der Waals surface area contributed by atoms with Gasteiger partial charge in [-0.15, -0.1) is 0 Å². The first-order chi connectivity index (χ1) is 10.8. The van der Waals surface area contributed by atoms with Gasteiger partial charge in [0, 0.05) is 26.2 Å². The van der Waals surface area contributed by atoms with E-state index in [-0.39, 0.29) is 6.10 Å². The lowest BCUT2D eigenvalue weighted by molar-refractivity contribution is -0.0182. The number of hydrogen-bond acceptors (Lipinski definition) is 5.